The van der Waals surface area contributed by atoms with E-state index in [-0.39, 0.29) is 5.70 Å². The van der Waals surface area contributed by atoms with Crippen LogP contribution in [-0.4, -0.2) is 88.7 Å². The van der Waals surface area contributed by atoms with Crippen LogP contribution < -0.4 is 5.32 Å². The van der Waals surface area contributed by atoms with Crippen molar-refractivity contribution in [1.82, 2.24) is 30.4 Å². The number of carboxylic acids is 1. The third-order valence-electron chi connectivity index (χ3n) is 4.87. The first-order chi connectivity index (χ1) is 16.6. The van der Waals surface area contributed by atoms with Gasteiger partial charge >= 0.3 is 16.6 Å². The van der Waals surface area contributed by atoms with Gasteiger partial charge in [0.2, 0.25) is 5.16 Å². The molecular formula is C18H18N6O8S3. The van der Waals surface area contributed by atoms with Crippen molar-refractivity contribution in [3.8, 4) is 0 Å². The summed E-state index contributed by atoms with van der Waals surface area (Å²) >= 11 is 2.64. The number of rotatable bonds is 7. The molecule has 2 aliphatic heterocycles. The Labute approximate surface area is 207 Å². The van der Waals surface area contributed by atoms with Crippen LogP contribution in [0.25, 0.3) is 0 Å². The van der Waals surface area contributed by atoms with Crippen molar-refractivity contribution in [2.45, 2.75) is 22.7 Å². The molecule has 0 aliphatic carbocycles. The van der Waals surface area contributed by atoms with E-state index in [0.717, 1.165) is 0 Å². The van der Waals surface area contributed by atoms with Gasteiger partial charge < -0.3 is 15.5 Å². The number of hydrogen-bond donors (Lipinski definition) is 3. The van der Waals surface area contributed by atoms with Crippen molar-refractivity contribution in [2.24, 2.45) is 7.05 Å². The lowest BCUT2D eigenvalue weighted by Gasteiger charge is -2.49. The van der Waals surface area contributed by atoms with E-state index in [1.54, 1.807) is 37.4 Å². The van der Waals surface area contributed by atoms with E-state index in [2.05, 4.69) is 20.8 Å². The van der Waals surface area contributed by atoms with Gasteiger partial charge in [-0.15, -0.1) is 29.5 Å². The zero-order valence-electron chi connectivity index (χ0n) is 17.8. The number of aryl methyl sites for hydroxylation is 1. The Morgan fingerprint density at radius 3 is 2.51 bits per heavy atom. The number of hydrogen-bond acceptors (Lipinski definition) is 12. The summed E-state index contributed by atoms with van der Waals surface area (Å²) in [4.78, 5) is 38.2. The third kappa shape index (κ3) is 6.05. The van der Waals surface area contributed by atoms with Crippen LogP contribution in [0.3, 0.4) is 0 Å². The van der Waals surface area contributed by atoms with Gasteiger partial charge in [-0.1, -0.05) is 42.1 Å². The molecule has 3 atom stereocenters. The Balaban J connectivity index is 0.000000795. The first-order valence-corrected chi connectivity index (χ1v) is 12.7. The molecule has 3 unspecified atom stereocenters. The summed E-state index contributed by atoms with van der Waals surface area (Å²) in [6.07, 6.45) is -1.42. The maximum atomic E-state index is 12.7. The Kier molecular flexibility index (Phi) is 8.60. The summed E-state index contributed by atoms with van der Waals surface area (Å²) in [7, 11) is -1.43. The van der Waals surface area contributed by atoms with Gasteiger partial charge in [0.15, 0.2) is 6.10 Å². The van der Waals surface area contributed by atoms with Crippen molar-refractivity contribution < 1.29 is 37.2 Å². The van der Waals surface area contributed by atoms with Gasteiger partial charge in [0.1, 0.15) is 17.1 Å². The minimum atomic E-state index is -3.11. The molecule has 14 nitrogen and oxygen atoms in total. The number of nitrogens with one attached hydrogen (secondary N) is 1. The molecule has 3 heterocycles. The number of aliphatic hydroxyl groups is 1. The fourth-order valence-corrected chi connectivity index (χ4v) is 5.64. The summed E-state index contributed by atoms with van der Waals surface area (Å²) in [6, 6.07) is 7.46. The molecule has 17 heteroatoms. The predicted octanol–water partition coefficient (Wildman–Crippen LogP) is -1.23. The van der Waals surface area contributed by atoms with Crippen molar-refractivity contribution in [3.05, 3.63) is 47.2 Å². The number of tetrazole rings is 1. The van der Waals surface area contributed by atoms with Crippen molar-refractivity contribution in [3.63, 3.8) is 0 Å². The SMILES string of the molecule is Cn1nnnc1SCC1=C(C(=O)O)N2C(=O)C(NC(=O)C(O)c3ccccc3)C2SC1.O=S(=O)=O. The van der Waals surface area contributed by atoms with E-state index < -0.39 is 45.9 Å². The molecule has 4 rings (SSSR count). The highest BCUT2D eigenvalue weighted by molar-refractivity contribution is 8.01. The molecular weight excluding hydrogens is 524 g/mol. The Morgan fingerprint density at radius 2 is 1.94 bits per heavy atom. The molecule has 3 N–H and O–H groups in total. The zero-order chi connectivity index (χ0) is 25.7. The molecule has 2 amide bonds. The van der Waals surface area contributed by atoms with Crippen LogP contribution in [0.5, 0.6) is 0 Å². The van der Waals surface area contributed by atoms with Crippen LogP contribution in [-0.2, 0) is 32.0 Å². The molecule has 0 saturated carbocycles. The normalized spacial score (nSPS) is 19.6. The number of aromatic nitrogens is 4. The Morgan fingerprint density at radius 1 is 1.29 bits per heavy atom. The number of carboxylic acid groups (broad SMARTS) is 1. The first-order valence-electron chi connectivity index (χ1n) is 9.67. The summed E-state index contributed by atoms with van der Waals surface area (Å²) in [5.41, 5.74) is 0.901. The third-order valence-corrected chi connectivity index (χ3v) is 7.30. The molecule has 2 aliphatic rings. The molecule has 1 fully saturated rings. The van der Waals surface area contributed by atoms with Gasteiger partial charge in [-0.05, 0) is 21.6 Å². The minimum absolute atomic E-state index is 0.0783. The van der Waals surface area contributed by atoms with E-state index in [9.17, 15) is 24.6 Å². The maximum Gasteiger partial charge on any atom is 0.425 e. The fourth-order valence-electron chi connectivity index (χ4n) is 3.31. The number of aliphatic hydroxyl groups excluding tert-OH is 1. The number of thioether (sulfide) groups is 2. The number of benzene rings is 1. The Hall–Kier alpha value is -3.28. The fraction of sp³-hybridized carbons (Fsp3) is 0.333. The lowest BCUT2D eigenvalue weighted by molar-refractivity contribution is -0.151. The summed E-state index contributed by atoms with van der Waals surface area (Å²) in [5.74, 6) is -1.75. The second kappa shape index (κ2) is 11.4. The zero-order valence-corrected chi connectivity index (χ0v) is 20.3. The van der Waals surface area contributed by atoms with Crippen molar-refractivity contribution in [1.29, 1.82) is 0 Å². The van der Waals surface area contributed by atoms with E-state index >= 15 is 0 Å². The van der Waals surface area contributed by atoms with Crippen molar-refractivity contribution >= 4 is 51.9 Å². The van der Waals surface area contributed by atoms with Crippen LogP contribution in [0.15, 0.2) is 46.8 Å². The van der Waals surface area contributed by atoms with Crippen molar-refractivity contribution in [2.75, 3.05) is 11.5 Å². The highest BCUT2D eigenvalue weighted by Gasteiger charge is 2.54. The topological polar surface area (TPSA) is 202 Å². The lowest BCUT2D eigenvalue weighted by atomic mass is 10.0. The van der Waals surface area contributed by atoms with Crippen LogP contribution >= 0.6 is 23.5 Å². The van der Waals surface area contributed by atoms with E-state index in [1.807, 2.05) is 0 Å². The van der Waals surface area contributed by atoms with E-state index in [1.165, 1.54) is 33.1 Å². The number of aliphatic carboxylic acids is 1. The molecule has 1 saturated heterocycles. The van der Waals surface area contributed by atoms with Gasteiger partial charge in [0.25, 0.3) is 11.8 Å². The number of amides is 2. The number of carbonyl (C=O) groups is 3. The molecule has 2 aromatic rings. The molecule has 1 aromatic carbocycles. The smallest absolute Gasteiger partial charge is 0.425 e. The lowest BCUT2D eigenvalue weighted by Crippen LogP contribution is -2.70. The monoisotopic (exact) mass is 542 g/mol. The quantitative estimate of drug-likeness (QED) is 0.277. The van der Waals surface area contributed by atoms with E-state index in [0.29, 0.717) is 27.8 Å². The predicted molar refractivity (Wildman–Crippen MR) is 120 cm³/mol. The minimum Gasteiger partial charge on any atom is -0.477 e. The van der Waals surface area contributed by atoms with Gasteiger partial charge in [0, 0.05) is 18.6 Å². The number of nitrogens with zero attached hydrogens (tertiary/aromatic N) is 5. The molecule has 35 heavy (non-hydrogen) atoms. The molecule has 186 valence electrons. The molecule has 0 spiro atoms. The number of carbonyl (C=O) groups excluding carboxylic acids is 2. The van der Waals surface area contributed by atoms with Gasteiger partial charge in [-0.2, -0.15) is 0 Å². The average Bonchev–Trinajstić information content (AvgIpc) is 3.24. The largest absolute Gasteiger partial charge is 0.477 e. The highest BCUT2D eigenvalue weighted by Crippen LogP contribution is 2.41. The first kappa shape index (κ1) is 26.3. The van der Waals surface area contributed by atoms with E-state index in [4.69, 9.17) is 12.6 Å². The molecule has 0 bridgehead atoms. The molecule has 1 aromatic heterocycles. The maximum absolute atomic E-state index is 12.7. The second-order valence-corrected chi connectivity index (χ2v) is 9.50. The highest BCUT2D eigenvalue weighted by atomic mass is 32.2. The number of fused-ring (bicyclic) bond motifs is 1. The van der Waals surface area contributed by atoms with Crippen LogP contribution in [0.2, 0.25) is 0 Å². The van der Waals surface area contributed by atoms with Crippen LogP contribution in [0.4, 0.5) is 0 Å². The number of β-lactam (4-membered cyclic amide) rings is 1. The van der Waals surface area contributed by atoms with Gasteiger partial charge in [-0.25, -0.2) is 9.48 Å². The van der Waals surface area contributed by atoms with Crippen LogP contribution in [0.1, 0.15) is 11.7 Å². The summed E-state index contributed by atoms with van der Waals surface area (Å²) in [5, 5.41) is 33.6. The molecule has 0 radical (unpaired) electrons. The average molecular weight is 543 g/mol. The summed E-state index contributed by atoms with van der Waals surface area (Å²) < 4.78 is 26.8. The van der Waals surface area contributed by atoms with Gasteiger partial charge in [0.05, 0.1) is 0 Å². The Bertz CT molecular complexity index is 1260. The van der Waals surface area contributed by atoms with Crippen LogP contribution in [0, 0.1) is 0 Å². The summed E-state index contributed by atoms with van der Waals surface area (Å²) in [6.45, 7) is 0. The second-order valence-electron chi connectivity index (χ2n) is 7.04. The van der Waals surface area contributed by atoms with Gasteiger partial charge in [-0.3, -0.25) is 14.5 Å². The standard InChI is InChI=1S/C18H18N6O5S2.O3S/c1-23-18(20-21-22-23)31-8-10-7-30-16-11(15(27)24(16)12(10)17(28)29)19-14(26)13(25)9-5-3-2-4-6-9;1-4(2)3/h2-6,11,13,16,25H,7-8H2,1H3,(H,19,26)(H,28,29);.